The summed E-state index contributed by atoms with van der Waals surface area (Å²) in [5, 5.41) is 8.40. The molecule has 2 heteroatoms. The lowest BCUT2D eigenvalue weighted by Gasteiger charge is -2.21. The molecule has 0 atom stereocenters. The van der Waals surface area contributed by atoms with E-state index in [9.17, 15) is 0 Å². The lowest BCUT2D eigenvalue weighted by atomic mass is 9.84. The zero-order valence-electron chi connectivity index (χ0n) is 8.74. The molecule has 0 aromatic heterocycles. The summed E-state index contributed by atoms with van der Waals surface area (Å²) < 4.78 is 4.80. The van der Waals surface area contributed by atoms with Gasteiger partial charge >= 0.3 is 0 Å². The fourth-order valence-electron chi connectivity index (χ4n) is 1.93. The van der Waals surface area contributed by atoms with Crippen molar-refractivity contribution in [2.75, 3.05) is 13.4 Å². The summed E-state index contributed by atoms with van der Waals surface area (Å²) in [4.78, 5) is 0. The van der Waals surface area contributed by atoms with Crippen LogP contribution in [0.25, 0.3) is 0 Å². The standard InChI is InChI=1S/C12H20O2/c1-11(6-5-9-14-10-13)12-7-3-2-4-8-12/h5-6,12-13H,1-4,7-10H2. The van der Waals surface area contributed by atoms with E-state index in [0.717, 1.165) is 0 Å². The lowest BCUT2D eigenvalue weighted by molar-refractivity contribution is 0.0131. The predicted octanol–water partition coefficient (Wildman–Crippen LogP) is 2.65. The Labute approximate surface area is 86.3 Å². The van der Waals surface area contributed by atoms with Crippen molar-refractivity contribution in [1.82, 2.24) is 0 Å². The molecule has 2 nitrogen and oxygen atoms in total. The SMILES string of the molecule is C=C(C=CCOCO)C1CCCCC1. The van der Waals surface area contributed by atoms with Crippen LogP contribution in [0, 0.1) is 5.92 Å². The first-order chi connectivity index (χ1) is 6.84. The molecule has 0 aromatic rings. The lowest BCUT2D eigenvalue weighted by Crippen LogP contribution is -2.07. The van der Waals surface area contributed by atoms with E-state index in [1.807, 2.05) is 12.2 Å². The summed E-state index contributed by atoms with van der Waals surface area (Å²) in [5.41, 5.74) is 1.21. The van der Waals surface area contributed by atoms with Gasteiger partial charge in [-0.25, -0.2) is 0 Å². The number of rotatable bonds is 5. The van der Waals surface area contributed by atoms with Gasteiger partial charge in [0.1, 0.15) is 6.79 Å². The Morgan fingerprint density at radius 3 is 2.71 bits per heavy atom. The number of aliphatic hydroxyl groups is 1. The third kappa shape index (κ3) is 4.07. The van der Waals surface area contributed by atoms with E-state index in [-0.39, 0.29) is 6.79 Å². The molecule has 0 spiro atoms. The van der Waals surface area contributed by atoms with Crippen molar-refractivity contribution in [3.63, 3.8) is 0 Å². The van der Waals surface area contributed by atoms with Crippen molar-refractivity contribution in [3.8, 4) is 0 Å². The highest BCUT2D eigenvalue weighted by atomic mass is 16.6. The molecule has 14 heavy (non-hydrogen) atoms. The minimum atomic E-state index is -0.208. The van der Waals surface area contributed by atoms with E-state index >= 15 is 0 Å². The van der Waals surface area contributed by atoms with Crippen LogP contribution in [0.15, 0.2) is 24.3 Å². The molecule has 1 saturated carbocycles. The first-order valence-electron chi connectivity index (χ1n) is 5.38. The number of allylic oxidation sites excluding steroid dienone is 2. The van der Waals surface area contributed by atoms with Crippen LogP contribution in [0.5, 0.6) is 0 Å². The molecular weight excluding hydrogens is 176 g/mol. The van der Waals surface area contributed by atoms with Crippen LogP contribution >= 0.6 is 0 Å². The molecule has 0 bridgehead atoms. The van der Waals surface area contributed by atoms with Crippen molar-refractivity contribution in [3.05, 3.63) is 24.3 Å². The van der Waals surface area contributed by atoms with Crippen molar-refractivity contribution in [2.24, 2.45) is 5.92 Å². The Bertz CT molecular complexity index is 190. The second-order valence-corrected chi connectivity index (χ2v) is 3.81. The number of ether oxygens (including phenoxy) is 1. The summed E-state index contributed by atoms with van der Waals surface area (Å²) in [6, 6.07) is 0. The van der Waals surface area contributed by atoms with Crippen LogP contribution in [0.3, 0.4) is 0 Å². The topological polar surface area (TPSA) is 29.5 Å². The molecule has 0 heterocycles. The quantitative estimate of drug-likeness (QED) is 0.416. The maximum absolute atomic E-state index is 8.40. The van der Waals surface area contributed by atoms with E-state index in [1.54, 1.807) is 0 Å². The van der Waals surface area contributed by atoms with E-state index in [2.05, 4.69) is 6.58 Å². The van der Waals surface area contributed by atoms with Crippen molar-refractivity contribution in [1.29, 1.82) is 0 Å². The van der Waals surface area contributed by atoms with E-state index < -0.39 is 0 Å². The van der Waals surface area contributed by atoms with Gasteiger partial charge in [0, 0.05) is 0 Å². The van der Waals surface area contributed by atoms with Gasteiger partial charge in [-0.05, 0) is 18.8 Å². The highest BCUT2D eigenvalue weighted by molar-refractivity contribution is 5.18. The van der Waals surface area contributed by atoms with E-state index in [4.69, 9.17) is 9.84 Å². The van der Waals surface area contributed by atoms with Gasteiger partial charge in [-0.2, -0.15) is 0 Å². The Hall–Kier alpha value is -0.600. The van der Waals surface area contributed by atoms with Crippen molar-refractivity contribution >= 4 is 0 Å². The normalized spacial score (nSPS) is 18.9. The zero-order chi connectivity index (χ0) is 10.2. The molecule has 0 unspecified atom stereocenters. The summed E-state index contributed by atoms with van der Waals surface area (Å²) >= 11 is 0. The maximum Gasteiger partial charge on any atom is 0.143 e. The molecule has 1 fully saturated rings. The average Bonchev–Trinajstić information content (AvgIpc) is 2.25. The van der Waals surface area contributed by atoms with E-state index in [1.165, 1.54) is 37.7 Å². The highest BCUT2D eigenvalue weighted by Crippen LogP contribution is 2.29. The van der Waals surface area contributed by atoms with Gasteiger partial charge in [-0.15, -0.1) is 0 Å². The fraction of sp³-hybridized carbons (Fsp3) is 0.667. The summed E-state index contributed by atoms with van der Waals surface area (Å²) in [6.07, 6.45) is 10.6. The number of aliphatic hydroxyl groups excluding tert-OH is 1. The van der Waals surface area contributed by atoms with Gasteiger partial charge in [0.25, 0.3) is 0 Å². The molecule has 80 valence electrons. The predicted molar refractivity (Wildman–Crippen MR) is 57.9 cm³/mol. The number of hydrogen-bond acceptors (Lipinski definition) is 2. The van der Waals surface area contributed by atoms with Crippen LogP contribution in [-0.4, -0.2) is 18.5 Å². The van der Waals surface area contributed by atoms with Crippen molar-refractivity contribution in [2.45, 2.75) is 32.1 Å². The third-order valence-electron chi connectivity index (χ3n) is 2.77. The summed E-state index contributed by atoms with van der Waals surface area (Å²) in [7, 11) is 0. The Balaban J connectivity index is 2.22. The van der Waals surface area contributed by atoms with Crippen LogP contribution < -0.4 is 0 Å². The van der Waals surface area contributed by atoms with Crippen LogP contribution in [0.4, 0.5) is 0 Å². The highest BCUT2D eigenvalue weighted by Gasteiger charge is 2.14. The molecule has 0 aromatic carbocycles. The Kier molecular flexibility index (Phi) is 5.57. The number of hydrogen-bond donors (Lipinski definition) is 1. The average molecular weight is 196 g/mol. The molecule has 0 aliphatic heterocycles. The minimum Gasteiger partial charge on any atom is -0.371 e. The first-order valence-corrected chi connectivity index (χ1v) is 5.38. The van der Waals surface area contributed by atoms with Gasteiger partial charge < -0.3 is 9.84 Å². The van der Waals surface area contributed by atoms with Crippen LogP contribution in [0.2, 0.25) is 0 Å². The Morgan fingerprint density at radius 1 is 1.36 bits per heavy atom. The van der Waals surface area contributed by atoms with Crippen molar-refractivity contribution < 1.29 is 9.84 Å². The molecular formula is C12H20O2. The molecule has 0 amide bonds. The molecule has 1 N–H and O–H groups in total. The maximum atomic E-state index is 8.40. The van der Waals surface area contributed by atoms with Crippen LogP contribution in [0.1, 0.15) is 32.1 Å². The van der Waals surface area contributed by atoms with E-state index in [0.29, 0.717) is 12.5 Å². The van der Waals surface area contributed by atoms with Gasteiger partial charge in [0.15, 0.2) is 0 Å². The molecule has 1 aliphatic rings. The molecule has 0 saturated heterocycles. The van der Waals surface area contributed by atoms with Gasteiger partial charge in [0.05, 0.1) is 6.61 Å². The second kappa shape index (κ2) is 6.80. The molecule has 1 rings (SSSR count). The third-order valence-corrected chi connectivity index (χ3v) is 2.77. The summed E-state index contributed by atoms with van der Waals surface area (Å²) in [6.45, 7) is 4.34. The zero-order valence-corrected chi connectivity index (χ0v) is 8.74. The second-order valence-electron chi connectivity index (χ2n) is 3.81. The Morgan fingerprint density at radius 2 is 2.07 bits per heavy atom. The monoisotopic (exact) mass is 196 g/mol. The van der Waals surface area contributed by atoms with Crippen LogP contribution in [-0.2, 0) is 4.74 Å². The smallest absolute Gasteiger partial charge is 0.143 e. The molecule has 1 aliphatic carbocycles. The summed E-state index contributed by atoms with van der Waals surface area (Å²) in [5.74, 6) is 0.675. The first kappa shape index (κ1) is 11.5. The van der Waals surface area contributed by atoms with Gasteiger partial charge in [-0.3, -0.25) is 0 Å². The molecule has 0 radical (unpaired) electrons. The minimum absolute atomic E-state index is 0.208. The van der Waals surface area contributed by atoms with Gasteiger partial charge in [0.2, 0.25) is 0 Å². The van der Waals surface area contributed by atoms with Gasteiger partial charge in [-0.1, -0.05) is 43.6 Å². The largest absolute Gasteiger partial charge is 0.371 e. The fourth-order valence-corrected chi connectivity index (χ4v) is 1.93.